The molecule has 1 amide bonds. The first-order chi connectivity index (χ1) is 11.6. The first-order valence-electron chi connectivity index (χ1n) is 7.36. The summed E-state index contributed by atoms with van der Waals surface area (Å²) in [5.74, 6) is -0.509. The van der Waals surface area contributed by atoms with Crippen LogP contribution in [-0.2, 0) is 18.4 Å². The lowest BCUT2D eigenvalue weighted by atomic mass is 10.2. The van der Waals surface area contributed by atoms with Gasteiger partial charge in [-0.3, -0.25) is 9.48 Å². The smallest absolute Gasteiger partial charge is 0.233 e. The molecular formula is C16H16FN5OS. The van der Waals surface area contributed by atoms with Gasteiger partial charge in [0, 0.05) is 19.2 Å². The summed E-state index contributed by atoms with van der Waals surface area (Å²) >= 11 is 1.32. The molecule has 0 fully saturated rings. The largest absolute Gasteiger partial charge is 0.351 e. The molecule has 0 saturated carbocycles. The highest BCUT2D eigenvalue weighted by Gasteiger charge is 2.18. The van der Waals surface area contributed by atoms with Gasteiger partial charge in [-0.15, -0.1) is 0 Å². The van der Waals surface area contributed by atoms with Crippen LogP contribution in [0.1, 0.15) is 12.5 Å². The molecule has 1 unspecified atom stereocenters. The summed E-state index contributed by atoms with van der Waals surface area (Å²) in [5, 5.41) is 8.02. The van der Waals surface area contributed by atoms with Crippen LogP contribution in [0, 0.1) is 5.82 Å². The first-order valence-corrected chi connectivity index (χ1v) is 8.24. The van der Waals surface area contributed by atoms with Gasteiger partial charge in [-0.1, -0.05) is 30.0 Å². The van der Waals surface area contributed by atoms with E-state index in [0.717, 1.165) is 5.39 Å². The van der Waals surface area contributed by atoms with Gasteiger partial charge in [-0.25, -0.2) is 14.4 Å². The van der Waals surface area contributed by atoms with Crippen LogP contribution in [0.3, 0.4) is 0 Å². The molecule has 8 heteroatoms. The van der Waals surface area contributed by atoms with Crippen molar-refractivity contribution in [3.8, 4) is 0 Å². The molecule has 0 spiro atoms. The molecule has 0 radical (unpaired) electrons. The lowest BCUT2D eigenvalue weighted by Gasteiger charge is -2.12. The highest BCUT2D eigenvalue weighted by atomic mass is 32.2. The van der Waals surface area contributed by atoms with Gasteiger partial charge in [0.1, 0.15) is 17.2 Å². The number of aromatic nitrogens is 4. The number of nitrogens with zero attached hydrogens (tertiary/aromatic N) is 4. The second-order valence-electron chi connectivity index (χ2n) is 5.25. The van der Waals surface area contributed by atoms with Crippen LogP contribution in [0.5, 0.6) is 0 Å². The Kier molecular flexibility index (Phi) is 4.75. The second-order valence-corrected chi connectivity index (χ2v) is 6.58. The first kappa shape index (κ1) is 16.4. The van der Waals surface area contributed by atoms with E-state index in [9.17, 15) is 9.18 Å². The number of carbonyl (C=O) groups is 1. The molecule has 6 nitrogen and oxygen atoms in total. The molecule has 1 aromatic carbocycles. The van der Waals surface area contributed by atoms with Gasteiger partial charge in [0.2, 0.25) is 5.91 Å². The van der Waals surface area contributed by atoms with Crippen LogP contribution < -0.4 is 5.32 Å². The Morgan fingerprint density at radius 2 is 2.17 bits per heavy atom. The average molecular weight is 345 g/mol. The molecule has 0 bridgehead atoms. The monoisotopic (exact) mass is 345 g/mol. The van der Waals surface area contributed by atoms with E-state index in [4.69, 9.17) is 0 Å². The maximum absolute atomic E-state index is 13.6. The number of halogens is 1. The molecule has 0 aliphatic carbocycles. The third kappa shape index (κ3) is 3.38. The van der Waals surface area contributed by atoms with E-state index in [0.29, 0.717) is 16.2 Å². The fourth-order valence-corrected chi connectivity index (χ4v) is 3.13. The number of amides is 1. The van der Waals surface area contributed by atoms with Crippen LogP contribution in [-0.4, -0.2) is 30.9 Å². The minimum atomic E-state index is -0.380. The quantitative estimate of drug-likeness (QED) is 0.567. The normalized spacial score (nSPS) is 12.3. The molecule has 0 aliphatic heterocycles. The Morgan fingerprint density at radius 3 is 2.96 bits per heavy atom. The summed E-state index contributed by atoms with van der Waals surface area (Å²) in [4.78, 5) is 20.7. The third-order valence-corrected chi connectivity index (χ3v) is 4.68. The summed E-state index contributed by atoms with van der Waals surface area (Å²) in [6, 6.07) is 6.38. The van der Waals surface area contributed by atoms with E-state index in [1.54, 1.807) is 43.0 Å². The molecule has 1 N–H and O–H groups in total. The van der Waals surface area contributed by atoms with Gasteiger partial charge in [0.05, 0.1) is 16.8 Å². The van der Waals surface area contributed by atoms with Crippen molar-refractivity contribution in [2.24, 2.45) is 7.05 Å². The van der Waals surface area contributed by atoms with Crippen LogP contribution in [0.4, 0.5) is 4.39 Å². The fourth-order valence-electron chi connectivity index (χ4n) is 2.22. The van der Waals surface area contributed by atoms with Gasteiger partial charge in [0.25, 0.3) is 0 Å². The molecule has 2 aromatic heterocycles. The molecule has 0 aliphatic rings. The van der Waals surface area contributed by atoms with Gasteiger partial charge < -0.3 is 5.32 Å². The van der Waals surface area contributed by atoms with Gasteiger partial charge in [0.15, 0.2) is 5.65 Å². The van der Waals surface area contributed by atoms with Crippen molar-refractivity contribution >= 4 is 28.7 Å². The number of carbonyl (C=O) groups excluding carboxylic acids is 1. The Bertz CT molecular complexity index is 882. The van der Waals surface area contributed by atoms with E-state index < -0.39 is 0 Å². The van der Waals surface area contributed by atoms with E-state index in [1.165, 1.54) is 24.2 Å². The summed E-state index contributed by atoms with van der Waals surface area (Å²) in [5.41, 5.74) is 1.17. The number of hydrogen-bond donors (Lipinski definition) is 1. The SMILES string of the molecule is CC(Sc1ncnc2c1cnn2C)C(=O)NCc1ccccc1F. The Balaban J connectivity index is 1.66. The van der Waals surface area contributed by atoms with E-state index in [1.807, 2.05) is 0 Å². The standard InChI is InChI=1S/C16H16FN5OS/c1-10(15(23)18-7-11-5-3-4-6-13(11)17)24-16-12-8-21-22(2)14(12)19-9-20-16/h3-6,8-10H,7H2,1-2H3,(H,18,23). The number of hydrogen-bond acceptors (Lipinski definition) is 5. The highest BCUT2D eigenvalue weighted by Crippen LogP contribution is 2.27. The number of benzene rings is 1. The molecular weight excluding hydrogens is 329 g/mol. The highest BCUT2D eigenvalue weighted by molar-refractivity contribution is 8.00. The molecule has 1 atom stereocenters. The minimum Gasteiger partial charge on any atom is -0.351 e. The molecule has 2 heterocycles. The predicted molar refractivity (Wildman–Crippen MR) is 89.9 cm³/mol. The molecule has 3 rings (SSSR count). The fraction of sp³-hybridized carbons (Fsp3) is 0.250. The topological polar surface area (TPSA) is 72.7 Å². The van der Waals surface area contributed by atoms with Gasteiger partial charge in [-0.05, 0) is 13.0 Å². The molecule has 24 heavy (non-hydrogen) atoms. The lowest BCUT2D eigenvalue weighted by Crippen LogP contribution is -2.30. The molecule has 124 valence electrons. The Morgan fingerprint density at radius 1 is 1.38 bits per heavy atom. The molecule has 0 saturated heterocycles. The maximum Gasteiger partial charge on any atom is 0.233 e. The number of fused-ring (bicyclic) bond motifs is 1. The van der Waals surface area contributed by atoms with Gasteiger partial charge >= 0.3 is 0 Å². The van der Waals surface area contributed by atoms with E-state index >= 15 is 0 Å². The van der Waals surface area contributed by atoms with Crippen molar-refractivity contribution in [2.45, 2.75) is 23.7 Å². The minimum absolute atomic E-state index is 0.155. The van der Waals surface area contributed by atoms with Crippen molar-refractivity contribution in [3.05, 3.63) is 48.2 Å². The second kappa shape index (κ2) is 6.96. The Labute approximate surface area is 142 Å². The van der Waals surface area contributed by atoms with Crippen molar-refractivity contribution < 1.29 is 9.18 Å². The zero-order chi connectivity index (χ0) is 17.1. The zero-order valence-electron chi connectivity index (χ0n) is 13.2. The van der Waals surface area contributed by atoms with Crippen LogP contribution >= 0.6 is 11.8 Å². The summed E-state index contributed by atoms with van der Waals surface area (Å²) in [7, 11) is 1.80. The number of aryl methyl sites for hydroxylation is 1. The van der Waals surface area contributed by atoms with Crippen LogP contribution in [0.15, 0.2) is 41.8 Å². The summed E-state index contributed by atoms with van der Waals surface area (Å²) < 4.78 is 15.2. The Hall–Kier alpha value is -2.48. The maximum atomic E-state index is 13.6. The van der Waals surface area contributed by atoms with Crippen molar-refractivity contribution in [2.75, 3.05) is 0 Å². The zero-order valence-corrected chi connectivity index (χ0v) is 14.0. The average Bonchev–Trinajstić information content (AvgIpc) is 2.96. The number of nitrogens with one attached hydrogen (secondary N) is 1. The van der Waals surface area contributed by atoms with E-state index in [-0.39, 0.29) is 23.5 Å². The van der Waals surface area contributed by atoms with Crippen LogP contribution in [0.25, 0.3) is 11.0 Å². The van der Waals surface area contributed by atoms with Crippen molar-refractivity contribution in [1.29, 1.82) is 0 Å². The van der Waals surface area contributed by atoms with Crippen molar-refractivity contribution in [3.63, 3.8) is 0 Å². The lowest BCUT2D eigenvalue weighted by molar-refractivity contribution is -0.120. The third-order valence-electron chi connectivity index (χ3n) is 3.56. The van der Waals surface area contributed by atoms with Crippen molar-refractivity contribution in [1.82, 2.24) is 25.1 Å². The van der Waals surface area contributed by atoms with E-state index in [2.05, 4.69) is 20.4 Å². The van der Waals surface area contributed by atoms with Crippen LogP contribution in [0.2, 0.25) is 0 Å². The number of thioether (sulfide) groups is 1. The summed E-state index contributed by atoms with van der Waals surface area (Å²) in [6.45, 7) is 1.94. The summed E-state index contributed by atoms with van der Waals surface area (Å²) in [6.07, 6.45) is 3.14. The number of rotatable bonds is 5. The molecule has 3 aromatic rings. The van der Waals surface area contributed by atoms with Gasteiger partial charge in [-0.2, -0.15) is 5.10 Å². The predicted octanol–water partition coefficient (Wildman–Crippen LogP) is 2.30.